The molecule has 0 bridgehead atoms. The minimum absolute atomic E-state index is 0.153. The van der Waals surface area contributed by atoms with Gasteiger partial charge in [-0.2, -0.15) is 13.2 Å². The maximum Gasteiger partial charge on any atom is 0.490 e. The summed E-state index contributed by atoms with van der Waals surface area (Å²) in [4.78, 5) is 31.2. The molecule has 29 heavy (non-hydrogen) atoms. The van der Waals surface area contributed by atoms with Crippen LogP contribution in [0.4, 0.5) is 18.0 Å². The van der Waals surface area contributed by atoms with Crippen LogP contribution in [0.5, 0.6) is 0 Å². The van der Waals surface area contributed by atoms with E-state index in [4.69, 9.17) is 26.6 Å². The summed E-state index contributed by atoms with van der Waals surface area (Å²) in [6.07, 6.45) is -4.93. The molecule has 0 radical (unpaired) electrons. The third-order valence-corrected chi connectivity index (χ3v) is 3.30. The molecule has 2 aromatic rings. The molecule has 1 aromatic heterocycles. The van der Waals surface area contributed by atoms with E-state index in [1.165, 1.54) is 17.9 Å². The van der Waals surface area contributed by atoms with Crippen LogP contribution in [0, 0.1) is 0 Å². The number of alkyl halides is 3. The lowest BCUT2D eigenvalue weighted by Gasteiger charge is -2.14. The molecule has 0 unspecified atom stereocenters. The normalized spacial score (nSPS) is 11.6. The highest BCUT2D eigenvalue weighted by atomic mass is 35.5. The van der Waals surface area contributed by atoms with Crippen LogP contribution >= 0.6 is 11.6 Å². The second-order valence-corrected chi connectivity index (χ2v) is 5.66. The fraction of sp³-hybridized carbons (Fsp3) is 0.286. The van der Waals surface area contributed by atoms with E-state index in [1.807, 2.05) is 0 Å². The zero-order valence-corrected chi connectivity index (χ0v) is 15.3. The van der Waals surface area contributed by atoms with Crippen molar-refractivity contribution in [3.8, 4) is 5.69 Å². The number of aromatic nitrogens is 4. The topological polar surface area (TPSA) is 159 Å². The van der Waals surface area contributed by atoms with Crippen LogP contribution in [0.25, 0.3) is 5.69 Å². The molecule has 11 nitrogen and oxygen atoms in total. The highest BCUT2D eigenvalue weighted by molar-refractivity contribution is 6.30. The smallest absolute Gasteiger partial charge is 0.475 e. The Morgan fingerprint density at radius 1 is 1.28 bits per heavy atom. The number of carboxylic acid groups (broad SMARTS) is 2. The van der Waals surface area contributed by atoms with Gasteiger partial charge in [0.1, 0.15) is 12.4 Å². The van der Waals surface area contributed by atoms with E-state index in [-0.39, 0.29) is 6.54 Å². The Balaban J connectivity index is 0.000000516. The molecule has 0 fully saturated rings. The van der Waals surface area contributed by atoms with Crippen LogP contribution in [-0.2, 0) is 16.1 Å². The fourth-order valence-electron chi connectivity index (χ4n) is 1.78. The van der Waals surface area contributed by atoms with Gasteiger partial charge in [-0.15, -0.1) is 5.10 Å². The Hall–Kier alpha value is -3.42. The minimum atomic E-state index is -5.08. The number of benzene rings is 1. The van der Waals surface area contributed by atoms with E-state index in [2.05, 4.69) is 26.2 Å². The predicted molar refractivity (Wildman–Crippen MR) is 90.3 cm³/mol. The summed E-state index contributed by atoms with van der Waals surface area (Å²) in [5.74, 6) is -3.21. The summed E-state index contributed by atoms with van der Waals surface area (Å²) >= 11 is 5.96. The van der Waals surface area contributed by atoms with E-state index in [9.17, 15) is 22.8 Å². The average molecular weight is 439 g/mol. The maximum absolute atomic E-state index is 11.8. The molecule has 4 N–H and O–H groups in total. The summed E-state index contributed by atoms with van der Waals surface area (Å²) in [6, 6.07) is 4.21. The first-order valence-corrected chi connectivity index (χ1v) is 7.88. The molecule has 0 aliphatic heterocycles. The van der Waals surface area contributed by atoms with Gasteiger partial charge < -0.3 is 20.8 Å². The second kappa shape index (κ2) is 10.2. The number of tetrazole rings is 1. The number of amides is 2. The van der Waals surface area contributed by atoms with Crippen LogP contribution in [-0.4, -0.2) is 60.6 Å². The van der Waals surface area contributed by atoms with E-state index < -0.39 is 30.2 Å². The molecule has 1 heterocycles. The molecule has 0 saturated heterocycles. The molecule has 2 amide bonds. The number of aliphatic carboxylic acids is 1. The Morgan fingerprint density at radius 3 is 2.38 bits per heavy atom. The highest BCUT2D eigenvalue weighted by Crippen LogP contribution is 2.18. The van der Waals surface area contributed by atoms with Crippen molar-refractivity contribution in [3.05, 3.63) is 35.1 Å². The standard InChI is InChI=1S/C12H13ClN6O3.C2HF3O2/c1-7(16-12(21)22)11(20)14-5-8-4-9(13)2-3-10(8)19-6-15-17-18-19;3-2(4,5)1(6)7/h2-4,6-7,16H,5H2,1H3,(H,14,20)(H,21,22);(H,6,7)/t7-;/m0./s1. The predicted octanol–water partition coefficient (Wildman–Crippen LogP) is 1.22. The number of hydrogen-bond donors (Lipinski definition) is 4. The first-order chi connectivity index (χ1) is 13.4. The molecule has 2 rings (SSSR count). The molecule has 1 atom stereocenters. The number of carboxylic acids is 1. The van der Waals surface area contributed by atoms with Gasteiger partial charge in [-0.25, -0.2) is 14.3 Å². The van der Waals surface area contributed by atoms with Crippen molar-refractivity contribution >= 4 is 29.6 Å². The number of nitrogens with zero attached hydrogens (tertiary/aromatic N) is 4. The van der Waals surface area contributed by atoms with E-state index >= 15 is 0 Å². The first-order valence-electron chi connectivity index (χ1n) is 7.51. The van der Waals surface area contributed by atoms with Gasteiger partial charge in [-0.05, 0) is 41.1 Å². The molecular formula is C14H14ClF3N6O5. The van der Waals surface area contributed by atoms with Crippen molar-refractivity contribution in [2.75, 3.05) is 0 Å². The molecule has 15 heteroatoms. The van der Waals surface area contributed by atoms with Crippen LogP contribution in [0.3, 0.4) is 0 Å². The molecule has 0 aliphatic carbocycles. The Labute approximate surface area is 165 Å². The van der Waals surface area contributed by atoms with Crippen molar-refractivity contribution in [2.24, 2.45) is 0 Å². The number of nitrogens with one attached hydrogen (secondary N) is 2. The highest BCUT2D eigenvalue weighted by Gasteiger charge is 2.38. The van der Waals surface area contributed by atoms with Gasteiger partial charge in [-0.1, -0.05) is 11.6 Å². The van der Waals surface area contributed by atoms with Gasteiger partial charge in [-0.3, -0.25) is 4.79 Å². The number of carbonyl (C=O) groups excluding carboxylic acids is 1. The lowest BCUT2D eigenvalue weighted by molar-refractivity contribution is -0.192. The summed E-state index contributed by atoms with van der Waals surface area (Å²) in [5.41, 5.74) is 1.35. The van der Waals surface area contributed by atoms with Crippen LogP contribution in [0.15, 0.2) is 24.5 Å². The Kier molecular flexibility index (Phi) is 8.32. The lowest BCUT2D eigenvalue weighted by atomic mass is 10.1. The van der Waals surface area contributed by atoms with Crippen LogP contribution in [0.1, 0.15) is 12.5 Å². The molecule has 158 valence electrons. The van der Waals surface area contributed by atoms with Gasteiger partial charge in [0.05, 0.1) is 5.69 Å². The van der Waals surface area contributed by atoms with Gasteiger partial charge in [0, 0.05) is 11.6 Å². The molecule has 0 saturated carbocycles. The summed E-state index contributed by atoms with van der Waals surface area (Å²) < 4.78 is 33.2. The second-order valence-electron chi connectivity index (χ2n) is 5.22. The fourth-order valence-corrected chi connectivity index (χ4v) is 1.97. The average Bonchev–Trinajstić information content (AvgIpc) is 3.13. The Morgan fingerprint density at radius 2 is 1.90 bits per heavy atom. The largest absolute Gasteiger partial charge is 0.490 e. The van der Waals surface area contributed by atoms with Crippen molar-refractivity contribution in [2.45, 2.75) is 25.7 Å². The number of rotatable bonds is 5. The maximum atomic E-state index is 11.8. The summed E-state index contributed by atoms with van der Waals surface area (Å²) in [6.45, 7) is 1.60. The number of halogens is 4. The van der Waals surface area contributed by atoms with Crippen molar-refractivity contribution < 1.29 is 37.8 Å². The third kappa shape index (κ3) is 8.00. The number of hydrogen-bond acceptors (Lipinski definition) is 6. The van der Waals surface area contributed by atoms with E-state index in [0.29, 0.717) is 16.3 Å². The monoisotopic (exact) mass is 438 g/mol. The quantitative estimate of drug-likeness (QED) is 0.542. The third-order valence-electron chi connectivity index (χ3n) is 3.07. The molecule has 0 aliphatic rings. The zero-order valence-electron chi connectivity index (χ0n) is 14.5. The molecule has 1 aromatic carbocycles. The van der Waals surface area contributed by atoms with E-state index in [1.54, 1.807) is 18.2 Å². The summed E-state index contributed by atoms with van der Waals surface area (Å²) in [7, 11) is 0. The molecule has 0 spiro atoms. The van der Waals surface area contributed by atoms with Gasteiger partial charge in [0.25, 0.3) is 0 Å². The molecular weight excluding hydrogens is 425 g/mol. The van der Waals surface area contributed by atoms with Gasteiger partial charge >= 0.3 is 18.2 Å². The van der Waals surface area contributed by atoms with Crippen LogP contribution in [0.2, 0.25) is 5.02 Å². The minimum Gasteiger partial charge on any atom is -0.475 e. The number of carbonyl (C=O) groups is 3. The summed E-state index contributed by atoms with van der Waals surface area (Å²) in [5, 5.41) is 31.8. The Bertz CT molecular complexity index is 862. The van der Waals surface area contributed by atoms with Crippen LogP contribution < -0.4 is 10.6 Å². The van der Waals surface area contributed by atoms with E-state index in [0.717, 1.165) is 0 Å². The lowest BCUT2D eigenvalue weighted by Crippen LogP contribution is -2.44. The zero-order chi connectivity index (χ0) is 22.2. The van der Waals surface area contributed by atoms with Gasteiger partial charge in [0.2, 0.25) is 5.91 Å². The SMILES string of the molecule is C[C@H](NC(=O)O)C(=O)NCc1cc(Cl)ccc1-n1cnnn1.O=C(O)C(F)(F)F. The van der Waals surface area contributed by atoms with Crippen molar-refractivity contribution in [3.63, 3.8) is 0 Å². The first kappa shape index (κ1) is 23.6. The van der Waals surface area contributed by atoms with Crippen molar-refractivity contribution in [1.82, 2.24) is 30.8 Å². The van der Waals surface area contributed by atoms with Gasteiger partial charge in [0.15, 0.2) is 0 Å². The van der Waals surface area contributed by atoms with Crippen molar-refractivity contribution in [1.29, 1.82) is 0 Å².